The van der Waals surface area contributed by atoms with Crippen LogP contribution in [-0.2, 0) is 6.42 Å². The van der Waals surface area contributed by atoms with Crippen LogP contribution in [0.4, 0.5) is 0 Å². The third-order valence-electron chi connectivity index (χ3n) is 4.05. The van der Waals surface area contributed by atoms with Crippen molar-refractivity contribution in [3.8, 4) is 5.75 Å². The molecule has 2 nitrogen and oxygen atoms in total. The van der Waals surface area contributed by atoms with Crippen molar-refractivity contribution in [2.45, 2.75) is 52.0 Å². The second-order valence-electron chi connectivity index (χ2n) is 5.77. The molecule has 1 aromatic carbocycles. The highest BCUT2D eigenvalue weighted by atomic mass is 16.5. The first kappa shape index (κ1) is 14.4. The topological polar surface area (TPSA) is 21.3 Å². The minimum atomic E-state index is 0.703. The van der Waals surface area contributed by atoms with E-state index < -0.39 is 0 Å². The summed E-state index contributed by atoms with van der Waals surface area (Å²) in [6, 6.07) is 9.11. The zero-order chi connectivity index (χ0) is 13.5. The van der Waals surface area contributed by atoms with Gasteiger partial charge in [0.2, 0.25) is 0 Å². The smallest absolute Gasteiger partial charge is 0.119 e. The van der Waals surface area contributed by atoms with Crippen LogP contribution in [0.3, 0.4) is 0 Å². The van der Waals surface area contributed by atoms with Crippen LogP contribution in [0, 0.1) is 5.92 Å². The van der Waals surface area contributed by atoms with Crippen LogP contribution >= 0.6 is 0 Å². The average molecular weight is 261 g/mol. The van der Waals surface area contributed by atoms with Crippen LogP contribution in [0.1, 0.15) is 45.1 Å². The fraction of sp³-hybridized carbons (Fsp3) is 0.647. The Kier molecular flexibility index (Phi) is 5.71. The molecule has 2 atom stereocenters. The van der Waals surface area contributed by atoms with Crippen LogP contribution in [-0.4, -0.2) is 19.2 Å². The van der Waals surface area contributed by atoms with E-state index in [0.717, 1.165) is 31.2 Å². The molecule has 0 aliphatic heterocycles. The summed E-state index contributed by atoms with van der Waals surface area (Å²) in [7, 11) is 0. The molecule has 1 N–H and O–H groups in total. The van der Waals surface area contributed by atoms with E-state index in [0.29, 0.717) is 6.04 Å². The Labute approximate surface area is 117 Å². The van der Waals surface area contributed by atoms with E-state index in [1.807, 2.05) is 6.07 Å². The summed E-state index contributed by atoms with van der Waals surface area (Å²) >= 11 is 0. The highest BCUT2D eigenvalue weighted by Gasteiger charge is 2.17. The van der Waals surface area contributed by atoms with Gasteiger partial charge in [-0.25, -0.2) is 0 Å². The van der Waals surface area contributed by atoms with E-state index in [1.54, 1.807) is 0 Å². The van der Waals surface area contributed by atoms with E-state index in [2.05, 4.69) is 37.4 Å². The Morgan fingerprint density at radius 2 is 2.21 bits per heavy atom. The van der Waals surface area contributed by atoms with Gasteiger partial charge < -0.3 is 10.1 Å². The number of nitrogens with one attached hydrogen (secondary N) is 1. The SMILES string of the molecule is CCc1cccc(OCCNC2CCCC(C)C2)c1. The Balaban J connectivity index is 1.66. The lowest BCUT2D eigenvalue weighted by molar-refractivity contribution is 0.266. The zero-order valence-corrected chi connectivity index (χ0v) is 12.3. The third-order valence-corrected chi connectivity index (χ3v) is 4.05. The van der Waals surface area contributed by atoms with Gasteiger partial charge in [-0.1, -0.05) is 38.8 Å². The van der Waals surface area contributed by atoms with Gasteiger partial charge in [-0.2, -0.15) is 0 Å². The number of ether oxygens (including phenoxy) is 1. The first-order chi connectivity index (χ1) is 9.28. The van der Waals surface area contributed by atoms with Gasteiger partial charge >= 0.3 is 0 Å². The van der Waals surface area contributed by atoms with E-state index in [1.165, 1.54) is 31.2 Å². The monoisotopic (exact) mass is 261 g/mol. The maximum Gasteiger partial charge on any atom is 0.119 e. The molecule has 19 heavy (non-hydrogen) atoms. The fourth-order valence-corrected chi connectivity index (χ4v) is 2.91. The van der Waals surface area contributed by atoms with Gasteiger partial charge in [-0.05, 0) is 42.9 Å². The van der Waals surface area contributed by atoms with Gasteiger partial charge in [0.15, 0.2) is 0 Å². The molecule has 106 valence electrons. The second kappa shape index (κ2) is 7.54. The van der Waals surface area contributed by atoms with Crippen molar-refractivity contribution >= 4 is 0 Å². The van der Waals surface area contributed by atoms with Crippen molar-refractivity contribution in [1.29, 1.82) is 0 Å². The van der Waals surface area contributed by atoms with Crippen LogP contribution in [0.15, 0.2) is 24.3 Å². The quantitative estimate of drug-likeness (QED) is 0.787. The summed E-state index contributed by atoms with van der Waals surface area (Å²) in [5, 5.41) is 3.63. The van der Waals surface area contributed by atoms with Crippen LogP contribution in [0.2, 0.25) is 0 Å². The highest BCUT2D eigenvalue weighted by molar-refractivity contribution is 5.28. The molecule has 0 saturated heterocycles. The molecule has 0 heterocycles. The van der Waals surface area contributed by atoms with Crippen molar-refractivity contribution in [1.82, 2.24) is 5.32 Å². The summed E-state index contributed by atoms with van der Waals surface area (Å²) in [4.78, 5) is 0. The molecule has 2 heteroatoms. The van der Waals surface area contributed by atoms with Crippen molar-refractivity contribution in [2.75, 3.05) is 13.2 Å². The molecule has 0 bridgehead atoms. The molecule has 1 aliphatic rings. The minimum absolute atomic E-state index is 0.703. The van der Waals surface area contributed by atoms with Crippen LogP contribution < -0.4 is 10.1 Å². The first-order valence-electron chi connectivity index (χ1n) is 7.73. The normalized spacial score (nSPS) is 23.3. The predicted octanol–water partition coefficient (Wildman–Crippen LogP) is 3.80. The van der Waals surface area contributed by atoms with Gasteiger partial charge in [0.1, 0.15) is 12.4 Å². The molecule has 2 unspecified atom stereocenters. The Morgan fingerprint density at radius 1 is 1.32 bits per heavy atom. The molecule has 1 aliphatic carbocycles. The van der Waals surface area contributed by atoms with Gasteiger partial charge in [-0.15, -0.1) is 0 Å². The van der Waals surface area contributed by atoms with Gasteiger partial charge in [0.05, 0.1) is 0 Å². The summed E-state index contributed by atoms with van der Waals surface area (Å²) in [6.07, 6.45) is 6.49. The third kappa shape index (κ3) is 4.87. The van der Waals surface area contributed by atoms with Crippen LogP contribution in [0.25, 0.3) is 0 Å². The highest BCUT2D eigenvalue weighted by Crippen LogP contribution is 2.23. The molecule has 0 amide bonds. The van der Waals surface area contributed by atoms with Crippen molar-refractivity contribution in [3.05, 3.63) is 29.8 Å². The second-order valence-corrected chi connectivity index (χ2v) is 5.77. The Morgan fingerprint density at radius 3 is 3.00 bits per heavy atom. The number of rotatable bonds is 6. The van der Waals surface area contributed by atoms with Gasteiger partial charge in [0, 0.05) is 12.6 Å². The molecule has 1 aromatic rings. The van der Waals surface area contributed by atoms with Gasteiger partial charge in [-0.3, -0.25) is 0 Å². The van der Waals surface area contributed by atoms with Crippen molar-refractivity contribution in [3.63, 3.8) is 0 Å². The average Bonchev–Trinajstić information content (AvgIpc) is 2.44. The van der Waals surface area contributed by atoms with Crippen molar-refractivity contribution < 1.29 is 4.74 Å². The fourth-order valence-electron chi connectivity index (χ4n) is 2.91. The lowest BCUT2D eigenvalue weighted by Crippen LogP contribution is -2.36. The molecule has 1 saturated carbocycles. The first-order valence-corrected chi connectivity index (χ1v) is 7.73. The van der Waals surface area contributed by atoms with Gasteiger partial charge in [0.25, 0.3) is 0 Å². The molecule has 0 aromatic heterocycles. The lowest BCUT2D eigenvalue weighted by Gasteiger charge is -2.27. The largest absolute Gasteiger partial charge is 0.492 e. The molecule has 1 fully saturated rings. The lowest BCUT2D eigenvalue weighted by atomic mass is 9.87. The van der Waals surface area contributed by atoms with E-state index >= 15 is 0 Å². The summed E-state index contributed by atoms with van der Waals surface area (Å²) < 4.78 is 5.80. The Hall–Kier alpha value is -1.02. The minimum Gasteiger partial charge on any atom is -0.492 e. The maximum absolute atomic E-state index is 5.80. The predicted molar refractivity (Wildman–Crippen MR) is 80.7 cm³/mol. The summed E-state index contributed by atoms with van der Waals surface area (Å²) in [5.41, 5.74) is 1.34. The van der Waals surface area contributed by atoms with Crippen molar-refractivity contribution in [2.24, 2.45) is 5.92 Å². The molecular weight excluding hydrogens is 234 g/mol. The number of aryl methyl sites for hydroxylation is 1. The van der Waals surface area contributed by atoms with E-state index in [4.69, 9.17) is 4.74 Å². The number of hydrogen-bond donors (Lipinski definition) is 1. The number of hydrogen-bond acceptors (Lipinski definition) is 2. The molecular formula is C17H27NO. The maximum atomic E-state index is 5.80. The van der Waals surface area contributed by atoms with Crippen LogP contribution in [0.5, 0.6) is 5.75 Å². The number of benzene rings is 1. The standard InChI is InChI=1S/C17H27NO/c1-3-15-7-5-9-17(13-15)19-11-10-18-16-8-4-6-14(2)12-16/h5,7,9,13-14,16,18H,3-4,6,8,10-12H2,1-2H3. The molecule has 0 radical (unpaired) electrons. The summed E-state index contributed by atoms with van der Waals surface area (Å²) in [5.74, 6) is 1.88. The Bertz CT molecular complexity index is 377. The zero-order valence-electron chi connectivity index (χ0n) is 12.3. The van der Waals surface area contributed by atoms with E-state index in [-0.39, 0.29) is 0 Å². The molecule has 0 spiro atoms. The summed E-state index contributed by atoms with van der Waals surface area (Å²) in [6.45, 7) is 6.25. The molecule has 2 rings (SSSR count). The van der Waals surface area contributed by atoms with E-state index in [9.17, 15) is 0 Å².